The fraction of sp³-hybridized carbons (Fsp3) is 0.385. The fourth-order valence-electron chi connectivity index (χ4n) is 1.57. The van der Waals surface area contributed by atoms with Crippen molar-refractivity contribution in [3.63, 3.8) is 0 Å². The van der Waals surface area contributed by atoms with Crippen molar-refractivity contribution in [1.29, 1.82) is 5.26 Å². The molecule has 4 nitrogen and oxygen atoms in total. The third-order valence-corrected chi connectivity index (χ3v) is 2.63. The van der Waals surface area contributed by atoms with E-state index in [0.717, 1.165) is 12.1 Å². The van der Waals surface area contributed by atoms with Gasteiger partial charge in [-0.25, -0.2) is 0 Å². The number of hydrogen-bond donors (Lipinski definition) is 1. The van der Waals surface area contributed by atoms with E-state index < -0.39 is 0 Å². The van der Waals surface area contributed by atoms with Gasteiger partial charge in [0.05, 0.1) is 18.2 Å². The number of amides is 1. The minimum Gasteiger partial charge on any atom is -0.358 e. The van der Waals surface area contributed by atoms with Crippen LogP contribution < -0.4 is 5.32 Å². The van der Waals surface area contributed by atoms with Crippen molar-refractivity contribution in [2.75, 3.05) is 20.1 Å². The van der Waals surface area contributed by atoms with Crippen LogP contribution in [-0.2, 0) is 11.3 Å². The van der Waals surface area contributed by atoms with E-state index in [2.05, 4.69) is 11.4 Å². The average Bonchev–Trinajstić information content (AvgIpc) is 2.38. The summed E-state index contributed by atoms with van der Waals surface area (Å²) in [7, 11) is 1.62. The predicted octanol–water partition coefficient (Wildman–Crippen LogP) is 1.13. The minimum atomic E-state index is -0.0127. The SMILES string of the molecule is CCN(CC(=O)NC)Cc1ccccc1C#N. The van der Waals surface area contributed by atoms with E-state index in [1.807, 2.05) is 30.0 Å². The summed E-state index contributed by atoms with van der Waals surface area (Å²) < 4.78 is 0. The molecule has 0 bridgehead atoms. The molecule has 0 heterocycles. The number of benzene rings is 1. The summed E-state index contributed by atoms with van der Waals surface area (Å²) in [4.78, 5) is 13.3. The number of carbonyl (C=O) groups is 1. The summed E-state index contributed by atoms with van der Waals surface area (Å²) in [6.07, 6.45) is 0. The smallest absolute Gasteiger partial charge is 0.233 e. The first-order valence-electron chi connectivity index (χ1n) is 5.62. The Balaban J connectivity index is 2.74. The molecule has 1 rings (SSSR count). The van der Waals surface area contributed by atoms with E-state index in [4.69, 9.17) is 5.26 Å². The molecule has 0 atom stereocenters. The monoisotopic (exact) mass is 231 g/mol. The Kier molecular flexibility index (Phi) is 5.18. The fourth-order valence-corrected chi connectivity index (χ4v) is 1.57. The van der Waals surface area contributed by atoms with Crippen molar-refractivity contribution in [1.82, 2.24) is 10.2 Å². The summed E-state index contributed by atoms with van der Waals surface area (Å²) in [6.45, 7) is 3.74. The lowest BCUT2D eigenvalue weighted by Gasteiger charge is -2.19. The van der Waals surface area contributed by atoms with Gasteiger partial charge in [-0.3, -0.25) is 9.69 Å². The van der Waals surface area contributed by atoms with Gasteiger partial charge in [0.25, 0.3) is 0 Å². The summed E-state index contributed by atoms with van der Waals surface area (Å²) in [5.74, 6) is -0.0127. The zero-order valence-corrected chi connectivity index (χ0v) is 10.2. The highest BCUT2D eigenvalue weighted by Gasteiger charge is 2.10. The zero-order chi connectivity index (χ0) is 12.7. The molecule has 0 saturated carbocycles. The van der Waals surface area contributed by atoms with E-state index in [-0.39, 0.29) is 5.91 Å². The Morgan fingerprint density at radius 2 is 2.18 bits per heavy atom. The Morgan fingerprint density at radius 3 is 2.76 bits per heavy atom. The lowest BCUT2D eigenvalue weighted by Crippen LogP contribution is -2.35. The topological polar surface area (TPSA) is 56.1 Å². The average molecular weight is 231 g/mol. The highest BCUT2D eigenvalue weighted by Crippen LogP contribution is 2.10. The van der Waals surface area contributed by atoms with Crippen LogP contribution in [0.1, 0.15) is 18.1 Å². The number of likely N-dealkylation sites (N-methyl/N-ethyl adjacent to an activating group) is 2. The van der Waals surface area contributed by atoms with Gasteiger partial charge in [0, 0.05) is 13.6 Å². The normalized spacial score (nSPS) is 10.0. The summed E-state index contributed by atoms with van der Waals surface area (Å²) in [5.41, 5.74) is 1.63. The van der Waals surface area contributed by atoms with Crippen LogP contribution in [0.4, 0.5) is 0 Å². The van der Waals surface area contributed by atoms with Crippen LogP contribution in [0.15, 0.2) is 24.3 Å². The minimum absolute atomic E-state index is 0.0127. The summed E-state index contributed by atoms with van der Waals surface area (Å²) in [5, 5.41) is 11.6. The van der Waals surface area contributed by atoms with Gasteiger partial charge < -0.3 is 5.32 Å². The second kappa shape index (κ2) is 6.66. The Labute approximate surface area is 102 Å². The van der Waals surface area contributed by atoms with E-state index in [1.54, 1.807) is 13.1 Å². The predicted molar refractivity (Wildman–Crippen MR) is 66.2 cm³/mol. The molecule has 0 fully saturated rings. The zero-order valence-electron chi connectivity index (χ0n) is 10.2. The van der Waals surface area contributed by atoms with Gasteiger partial charge in [0.1, 0.15) is 0 Å². The maximum absolute atomic E-state index is 11.3. The van der Waals surface area contributed by atoms with Crippen LogP contribution in [-0.4, -0.2) is 30.9 Å². The van der Waals surface area contributed by atoms with Gasteiger partial charge >= 0.3 is 0 Å². The molecule has 0 unspecified atom stereocenters. The lowest BCUT2D eigenvalue weighted by molar-refractivity contribution is -0.121. The number of nitriles is 1. The van der Waals surface area contributed by atoms with Gasteiger partial charge in [-0.1, -0.05) is 25.1 Å². The Bertz CT molecular complexity index is 423. The molecule has 1 N–H and O–H groups in total. The number of carbonyl (C=O) groups excluding carboxylic acids is 1. The van der Waals surface area contributed by atoms with Crippen LogP contribution in [0.25, 0.3) is 0 Å². The second-order valence-electron chi connectivity index (χ2n) is 3.75. The van der Waals surface area contributed by atoms with E-state index in [1.165, 1.54) is 0 Å². The van der Waals surface area contributed by atoms with Crippen molar-refractivity contribution >= 4 is 5.91 Å². The highest BCUT2D eigenvalue weighted by atomic mass is 16.1. The van der Waals surface area contributed by atoms with Crippen LogP contribution in [0, 0.1) is 11.3 Å². The van der Waals surface area contributed by atoms with Crippen LogP contribution in [0.3, 0.4) is 0 Å². The molecule has 1 aromatic carbocycles. The molecule has 1 amide bonds. The van der Waals surface area contributed by atoms with Gasteiger partial charge in [-0.05, 0) is 18.2 Å². The van der Waals surface area contributed by atoms with Crippen LogP contribution in [0.2, 0.25) is 0 Å². The van der Waals surface area contributed by atoms with Crippen LogP contribution >= 0.6 is 0 Å². The maximum Gasteiger partial charge on any atom is 0.233 e. The molecule has 90 valence electrons. The maximum atomic E-state index is 11.3. The summed E-state index contributed by atoms with van der Waals surface area (Å²) >= 11 is 0. The number of rotatable bonds is 5. The highest BCUT2D eigenvalue weighted by molar-refractivity contribution is 5.77. The number of nitrogens with zero attached hydrogens (tertiary/aromatic N) is 2. The first-order valence-corrected chi connectivity index (χ1v) is 5.62. The Morgan fingerprint density at radius 1 is 1.47 bits per heavy atom. The molecule has 0 radical (unpaired) electrons. The molecule has 0 aromatic heterocycles. The molecule has 0 aliphatic rings. The second-order valence-corrected chi connectivity index (χ2v) is 3.75. The van der Waals surface area contributed by atoms with Crippen molar-refractivity contribution < 1.29 is 4.79 Å². The molecule has 0 saturated heterocycles. The molecular formula is C13H17N3O. The van der Waals surface area contributed by atoms with Crippen molar-refractivity contribution in [3.05, 3.63) is 35.4 Å². The molecule has 4 heteroatoms. The molecule has 0 aliphatic heterocycles. The van der Waals surface area contributed by atoms with Gasteiger partial charge in [0.2, 0.25) is 5.91 Å². The molecule has 1 aromatic rings. The molecular weight excluding hydrogens is 214 g/mol. The van der Waals surface area contributed by atoms with Gasteiger partial charge in [-0.15, -0.1) is 0 Å². The molecule has 17 heavy (non-hydrogen) atoms. The number of nitrogens with one attached hydrogen (secondary N) is 1. The molecule has 0 aliphatic carbocycles. The van der Waals surface area contributed by atoms with Gasteiger partial charge in [-0.2, -0.15) is 5.26 Å². The van der Waals surface area contributed by atoms with E-state index in [9.17, 15) is 4.79 Å². The van der Waals surface area contributed by atoms with Gasteiger partial charge in [0.15, 0.2) is 0 Å². The third-order valence-electron chi connectivity index (χ3n) is 2.63. The molecule has 0 spiro atoms. The first-order chi connectivity index (χ1) is 8.21. The van der Waals surface area contributed by atoms with Crippen molar-refractivity contribution in [2.24, 2.45) is 0 Å². The largest absolute Gasteiger partial charge is 0.358 e. The van der Waals surface area contributed by atoms with Crippen molar-refractivity contribution in [2.45, 2.75) is 13.5 Å². The quantitative estimate of drug-likeness (QED) is 0.826. The van der Waals surface area contributed by atoms with Crippen LogP contribution in [0.5, 0.6) is 0 Å². The van der Waals surface area contributed by atoms with E-state index >= 15 is 0 Å². The van der Waals surface area contributed by atoms with Crippen molar-refractivity contribution in [3.8, 4) is 6.07 Å². The lowest BCUT2D eigenvalue weighted by atomic mass is 10.1. The van der Waals surface area contributed by atoms with E-state index in [0.29, 0.717) is 18.7 Å². The first kappa shape index (κ1) is 13.2. The number of hydrogen-bond acceptors (Lipinski definition) is 3. The Hall–Kier alpha value is -1.86. The third kappa shape index (κ3) is 3.89. The summed E-state index contributed by atoms with van der Waals surface area (Å²) in [6, 6.07) is 9.63. The standard InChI is InChI=1S/C13H17N3O/c1-3-16(10-13(17)15-2)9-12-7-5-4-6-11(12)8-14/h4-7H,3,9-10H2,1-2H3,(H,15,17).